The van der Waals surface area contributed by atoms with Crippen molar-refractivity contribution in [3.63, 3.8) is 0 Å². The molecule has 2 aliphatic rings. The maximum Gasteiger partial charge on any atom is 0.326 e. The lowest BCUT2D eigenvalue weighted by Gasteiger charge is -2.40. The number of nitrogens with one attached hydrogen (secondary N) is 1. The number of carboxylic acids is 1. The van der Waals surface area contributed by atoms with Crippen molar-refractivity contribution in [3.8, 4) is 0 Å². The number of carbonyl (C=O) groups excluding carboxylic acids is 1. The first kappa shape index (κ1) is 15.3. The summed E-state index contributed by atoms with van der Waals surface area (Å²) in [5.74, 6) is -1.12. The van der Waals surface area contributed by atoms with Crippen LogP contribution in [-0.2, 0) is 9.59 Å². The van der Waals surface area contributed by atoms with Gasteiger partial charge in [0.1, 0.15) is 6.04 Å². The summed E-state index contributed by atoms with van der Waals surface area (Å²) in [6.07, 6.45) is 2.79. The maximum absolute atomic E-state index is 12.9. The first-order chi connectivity index (χ1) is 9.50. The third kappa shape index (κ3) is 2.81. The monoisotopic (exact) mass is 284 g/mol. The van der Waals surface area contributed by atoms with Crippen molar-refractivity contribution in [1.82, 2.24) is 10.2 Å². The highest BCUT2D eigenvalue weighted by Gasteiger charge is 2.47. The van der Waals surface area contributed by atoms with Gasteiger partial charge in [-0.2, -0.15) is 0 Å². The second-order valence-electron chi connectivity index (χ2n) is 6.01. The number of β-amino-alcohol motifs (C(OH)–C–C–N with tert-alkyl or cyclic N) is 1. The van der Waals surface area contributed by atoms with Gasteiger partial charge in [0, 0.05) is 19.5 Å². The molecule has 2 heterocycles. The van der Waals surface area contributed by atoms with Crippen LogP contribution in [0.25, 0.3) is 0 Å². The lowest BCUT2D eigenvalue weighted by atomic mass is 9.75. The van der Waals surface area contributed by atoms with E-state index in [1.807, 2.05) is 6.92 Å². The van der Waals surface area contributed by atoms with Gasteiger partial charge in [-0.25, -0.2) is 4.79 Å². The molecule has 6 heteroatoms. The number of carboxylic acid groups (broad SMARTS) is 1. The van der Waals surface area contributed by atoms with Crippen molar-refractivity contribution in [2.24, 2.45) is 5.41 Å². The van der Waals surface area contributed by atoms with E-state index in [1.165, 1.54) is 4.90 Å². The molecule has 3 N–H and O–H groups in total. The summed E-state index contributed by atoms with van der Waals surface area (Å²) >= 11 is 0. The minimum Gasteiger partial charge on any atom is -0.480 e. The normalized spacial score (nSPS) is 34.2. The summed E-state index contributed by atoms with van der Waals surface area (Å²) in [4.78, 5) is 25.6. The number of piperidine rings is 1. The molecular weight excluding hydrogens is 260 g/mol. The predicted molar refractivity (Wildman–Crippen MR) is 73.2 cm³/mol. The van der Waals surface area contributed by atoms with Gasteiger partial charge in [0.25, 0.3) is 0 Å². The zero-order valence-corrected chi connectivity index (χ0v) is 12.0. The van der Waals surface area contributed by atoms with Crippen molar-refractivity contribution in [2.45, 2.75) is 51.2 Å². The van der Waals surface area contributed by atoms with Crippen LogP contribution in [-0.4, -0.2) is 58.8 Å². The summed E-state index contributed by atoms with van der Waals surface area (Å²) in [6.45, 7) is 3.70. The van der Waals surface area contributed by atoms with Gasteiger partial charge in [0.2, 0.25) is 5.91 Å². The molecule has 1 unspecified atom stereocenters. The van der Waals surface area contributed by atoms with Gasteiger partial charge < -0.3 is 20.4 Å². The fourth-order valence-electron chi connectivity index (χ4n) is 3.53. The molecule has 0 aliphatic carbocycles. The Morgan fingerprint density at radius 1 is 1.45 bits per heavy atom. The molecule has 1 amide bonds. The number of rotatable bonds is 4. The Morgan fingerprint density at radius 3 is 2.75 bits per heavy atom. The molecule has 0 bridgehead atoms. The number of carbonyl (C=O) groups is 2. The van der Waals surface area contributed by atoms with Crippen LogP contribution in [0, 0.1) is 5.41 Å². The fraction of sp³-hybridized carbons (Fsp3) is 0.857. The zero-order chi connectivity index (χ0) is 14.8. The highest BCUT2D eigenvalue weighted by atomic mass is 16.4. The highest BCUT2D eigenvalue weighted by Crippen LogP contribution is 2.36. The molecule has 2 rings (SSSR count). The average molecular weight is 284 g/mol. The molecule has 0 aromatic carbocycles. The van der Waals surface area contributed by atoms with E-state index in [4.69, 9.17) is 0 Å². The SMILES string of the molecule is CCCC1(C(=O)N2C[C@H](O)C[C@H]2C(=O)O)CCCNC1. The van der Waals surface area contributed by atoms with E-state index in [1.54, 1.807) is 0 Å². The zero-order valence-electron chi connectivity index (χ0n) is 12.0. The van der Waals surface area contributed by atoms with E-state index in [0.717, 1.165) is 32.2 Å². The smallest absolute Gasteiger partial charge is 0.326 e. The van der Waals surface area contributed by atoms with Crippen molar-refractivity contribution in [3.05, 3.63) is 0 Å². The lowest BCUT2D eigenvalue weighted by Crippen LogP contribution is -2.54. The minimum absolute atomic E-state index is 0.101. The van der Waals surface area contributed by atoms with Gasteiger partial charge in [0.15, 0.2) is 0 Å². The summed E-state index contributed by atoms with van der Waals surface area (Å²) in [7, 11) is 0. The number of hydrogen-bond acceptors (Lipinski definition) is 4. The van der Waals surface area contributed by atoms with Crippen LogP contribution in [0.15, 0.2) is 0 Å². The largest absolute Gasteiger partial charge is 0.480 e. The number of hydrogen-bond donors (Lipinski definition) is 3. The lowest BCUT2D eigenvalue weighted by molar-refractivity contribution is -0.154. The molecule has 2 saturated heterocycles. The van der Waals surface area contributed by atoms with Gasteiger partial charge in [-0.15, -0.1) is 0 Å². The first-order valence-corrected chi connectivity index (χ1v) is 7.43. The molecule has 0 aromatic rings. The Morgan fingerprint density at radius 2 is 2.20 bits per heavy atom. The highest BCUT2D eigenvalue weighted by molar-refractivity contribution is 5.88. The average Bonchev–Trinajstić information content (AvgIpc) is 2.81. The number of likely N-dealkylation sites (tertiary alicyclic amines) is 1. The van der Waals surface area contributed by atoms with E-state index in [0.29, 0.717) is 6.54 Å². The number of aliphatic hydroxyl groups excluding tert-OH is 1. The van der Waals surface area contributed by atoms with E-state index >= 15 is 0 Å². The molecule has 20 heavy (non-hydrogen) atoms. The minimum atomic E-state index is -1.02. The Bertz CT molecular complexity index is 374. The van der Waals surface area contributed by atoms with Gasteiger partial charge >= 0.3 is 5.97 Å². The summed E-state index contributed by atoms with van der Waals surface area (Å²) < 4.78 is 0. The third-order valence-corrected chi connectivity index (χ3v) is 4.48. The quantitative estimate of drug-likeness (QED) is 0.686. The molecule has 0 radical (unpaired) electrons. The maximum atomic E-state index is 12.9. The van der Waals surface area contributed by atoms with Crippen LogP contribution in [0.3, 0.4) is 0 Å². The number of aliphatic carboxylic acids is 1. The molecular formula is C14H24N2O4. The molecule has 6 nitrogen and oxygen atoms in total. The van der Waals surface area contributed by atoms with Gasteiger partial charge in [-0.05, 0) is 25.8 Å². The van der Waals surface area contributed by atoms with E-state index < -0.39 is 23.5 Å². The van der Waals surface area contributed by atoms with Gasteiger partial charge in [-0.1, -0.05) is 13.3 Å². The second kappa shape index (κ2) is 6.10. The van der Waals surface area contributed by atoms with Crippen LogP contribution in [0.4, 0.5) is 0 Å². The van der Waals surface area contributed by atoms with Crippen LogP contribution in [0.2, 0.25) is 0 Å². The van der Waals surface area contributed by atoms with Crippen LogP contribution in [0.1, 0.15) is 39.0 Å². The van der Waals surface area contributed by atoms with E-state index in [9.17, 15) is 19.8 Å². The number of nitrogens with zero attached hydrogens (tertiary/aromatic N) is 1. The van der Waals surface area contributed by atoms with Crippen molar-refractivity contribution in [2.75, 3.05) is 19.6 Å². The molecule has 0 saturated carbocycles. The van der Waals surface area contributed by atoms with Gasteiger partial charge in [0.05, 0.1) is 11.5 Å². The molecule has 2 aliphatic heterocycles. The van der Waals surface area contributed by atoms with E-state index in [2.05, 4.69) is 5.32 Å². The summed E-state index contributed by atoms with van der Waals surface area (Å²) in [6, 6.07) is -0.881. The van der Waals surface area contributed by atoms with Crippen molar-refractivity contribution < 1.29 is 19.8 Å². The number of amides is 1. The third-order valence-electron chi connectivity index (χ3n) is 4.48. The fourth-order valence-corrected chi connectivity index (χ4v) is 3.53. The first-order valence-electron chi connectivity index (χ1n) is 7.43. The Labute approximate surface area is 119 Å². The topological polar surface area (TPSA) is 89.9 Å². The second-order valence-corrected chi connectivity index (χ2v) is 6.01. The van der Waals surface area contributed by atoms with Crippen molar-refractivity contribution >= 4 is 11.9 Å². The van der Waals surface area contributed by atoms with Crippen LogP contribution in [0.5, 0.6) is 0 Å². The molecule has 3 atom stereocenters. The Hall–Kier alpha value is -1.14. The summed E-state index contributed by atoms with van der Waals surface area (Å²) in [5, 5.41) is 22.2. The number of aliphatic hydroxyl groups is 1. The predicted octanol–water partition coefficient (Wildman–Crippen LogP) is 0.203. The Kier molecular flexibility index (Phi) is 4.65. The molecule has 2 fully saturated rings. The molecule has 114 valence electrons. The van der Waals surface area contributed by atoms with Crippen LogP contribution < -0.4 is 5.32 Å². The summed E-state index contributed by atoms with van der Waals surface area (Å²) in [5.41, 5.74) is -0.495. The van der Waals surface area contributed by atoms with E-state index in [-0.39, 0.29) is 18.9 Å². The standard InChI is InChI=1S/C14H24N2O4/c1-2-4-14(5-3-6-15-9-14)13(20)16-8-10(17)7-11(16)12(18)19/h10-11,15,17H,2-9H2,1H3,(H,18,19)/t10-,11+,14?/m1/s1. The molecule has 0 spiro atoms. The van der Waals surface area contributed by atoms with Crippen molar-refractivity contribution in [1.29, 1.82) is 0 Å². The van der Waals surface area contributed by atoms with Crippen LogP contribution >= 0.6 is 0 Å². The Balaban J connectivity index is 2.20. The van der Waals surface area contributed by atoms with Gasteiger partial charge in [-0.3, -0.25) is 4.79 Å². The molecule has 0 aromatic heterocycles.